The van der Waals surface area contributed by atoms with Gasteiger partial charge in [0.05, 0.1) is 18.8 Å². The standard InChI is InChI=1S/C14H19BrO3/c1-9(2)18-13-7-11(15)10(6-12(13)17-3)8-14(16)4-5-14/h6-7,9,16H,4-5,8H2,1-3H3. The van der Waals surface area contributed by atoms with Gasteiger partial charge in [-0.05, 0) is 44.4 Å². The molecule has 0 heterocycles. The molecule has 0 atom stereocenters. The Balaban J connectivity index is 2.26. The summed E-state index contributed by atoms with van der Waals surface area (Å²) in [5.41, 5.74) is 0.552. The molecule has 1 fully saturated rings. The fourth-order valence-electron chi connectivity index (χ4n) is 1.89. The summed E-state index contributed by atoms with van der Waals surface area (Å²) in [7, 11) is 1.63. The molecule has 0 spiro atoms. The third-order valence-electron chi connectivity index (χ3n) is 3.04. The van der Waals surface area contributed by atoms with E-state index in [1.807, 2.05) is 26.0 Å². The Morgan fingerprint density at radius 1 is 1.33 bits per heavy atom. The summed E-state index contributed by atoms with van der Waals surface area (Å²) in [6.45, 7) is 3.96. The molecule has 2 rings (SSSR count). The van der Waals surface area contributed by atoms with Crippen LogP contribution in [0.1, 0.15) is 32.3 Å². The first-order valence-corrected chi connectivity index (χ1v) is 6.98. The summed E-state index contributed by atoms with van der Waals surface area (Å²) >= 11 is 3.53. The summed E-state index contributed by atoms with van der Waals surface area (Å²) in [6, 6.07) is 3.86. The van der Waals surface area contributed by atoms with Gasteiger partial charge in [-0.1, -0.05) is 15.9 Å². The molecule has 1 N–H and O–H groups in total. The van der Waals surface area contributed by atoms with Crippen LogP contribution in [0.5, 0.6) is 11.5 Å². The third kappa shape index (κ3) is 3.18. The Morgan fingerprint density at radius 3 is 2.50 bits per heavy atom. The van der Waals surface area contributed by atoms with Gasteiger partial charge in [-0.3, -0.25) is 0 Å². The van der Waals surface area contributed by atoms with Gasteiger partial charge in [0.2, 0.25) is 0 Å². The van der Waals surface area contributed by atoms with E-state index in [-0.39, 0.29) is 6.10 Å². The van der Waals surface area contributed by atoms with Crippen molar-refractivity contribution in [2.24, 2.45) is 0 Å². The van der Waals surface area contributed by atoms with E-state index < -0.39 is 5.60 Å². The molecular formula is C14H19BrO3. The van der Waals surface area contributed by atoms with Crippen LogP contribution in [0.15, 0.2) is 16.6 Å². The van der Waals surface area contributed by atoms with Crippen LogP contribution in [-0.4, -0.2) is 23.9 Å². The summed E-state index contributed by atoms with van der Waals surface area (Å²) in [5.74, 6) is 1.44. The predicted molar refractivity (Wildman–Crippen MR) is 74.3 cm³/mol. The lowest BCUT2D eigenvalue weighted by atomic mass is 10.1. The highest BCUT2D eigenvalue weighted by Gasteiger charge is 2.40. The first-order chi connectivity index (χ1) is 8.43. The van der Waals surface area contributed by atoms with Gasteiger partial charge >= 0.3 is 0 Å². The van der Waals surface area contributed by atoms with Crippen LogP contribution >= 0.6 is 15.9 Å². The molecule has 4 heteroatoms. The topological polar surface area (TPSA) is 38.7 Å². The number of benzene rings is 1. The molecule has 0 amide bonds. The van der Waals surface area contributed by atoms with Gasteiger partial charge in [-0.15, -0.1) is 0 Å². The molecule has 100 valence electrons. The smallest absolute Gasteiger partial charge is 0.162 e. The first kappa shape index (κ1) is 13.7. The number of rotatable bonds is 5. The van der Waals surface area contributed by atoms with Crippen LogP contribution in [0.2, 0.25) is 0 Å². The second kappa shape index (κ2) is 5.10. The zero-order valence-electron chi connectivity index (χ0n) is 11.0. The molecule has 0 saturated heterocycles. The third-order valence-corrected chi connectivity index (χ3v) is 3.78. The van der Waals surface area contributed by atoms with Crippen LogP contribution in [0, 0.1) is 0 Å². The quantitative estimate of drug-likeness (QED) is 0.906. The van der Waals surface area contributed by atoms with Crippen LogP contribution in [-0.2, 0) is 6.42 Å². The van der Waals surface area contributed by atoms with E-state index in [9.17, 15) is 5.11 Å². The van der Waals surface area contributed by atoms with E-state index in [1.165, 1.54) is 0 Å². The SMILES string of the molecule is COc1cc(CC2(O)CC2)c(Br)cc1OC(C)C. The normalized spacial score (nSPS) is 16.8. The lowest BCUT2D eigenvalue weighted by molar-refractivity contribution is 0.150. The van der Waals surface area contributed by atoms with Crippen LogP contribution in [0.3, 0.4) is 0 Å². The maximum atomic E-state index is 9.99. The zero-order chi connectivity index (χ0) is 13.3. The zero-order valence-corrected chi connectivity index (χ0v) is 12.6. The molecule has 1 aromatic carbocycles. The molecule has 0 aromatic heterocycles. The Bertz CT molecular complexity index is 439. The number of methoxy groups -OCH3 is 1. The number of ether oxygens (including phenoxy) is 2. The predicted octanol–water partition coefficient (Wildman–Crippen LogP) is 3.31. The second-order valence-electron chi connectivity index (χ2n) is 5.16. The molecular weight excluding hydrogens is 296 g/mol. The van der Waals surface area contributed by atoms with Gasteiger partial charge in [0.15, 0.2) is 11.5 Å². The number of hydrogen-bond acceptors (Lipinski definition) is 3. The minimum absolute atomic E-state index is 0.101. The molecule has 1 aliphatic rings. The van der Waals surface area contributed by atoms with Crippen molar-refractivity contribution in [1.82, 2.24) is 0 Å². The maximum Gasteiger partial charge on any atom is 0.162 e. The van der Waals surface area contributed by atoms with Gasteiger partial charge in [0.1, 0.15) is 0 Å². The lowest BCUT2D eigenvalue weighted by Gasteiger charge is -2.17. The van der Waals surface area contributed by atoms with Gasteiger partial charge in [0.25, 0.3) is 0 Å². The fraction of sp³-hybridized carbons (Fsp3) is 0.571. The minimum Gasteiger partial charge on any atom is -0.493 e. The Hall–Kier alpha value is -0.740. The van der Waals surface area contributed by atoms with Gasteiger partial charge in [-0.25, -0.2) is 0 Å². The van der Waals surface area contributed by atoms with Crippen LogP contribution in [0.25, 0.3) is 0 Å². The van der Waals surface area contributed by atoms with Gasteiger partial charge in [-0.2, -0.15) is 0 Å². The average molecular weight is 315 g/mol. The molecule has 0 unspecified atom stereocenters. The summed E-state index contributed by atoms with van der Waals surface area (Å²) < 4.78 is 12.0. The van der Waals surface area contributed by atoms with E-state index in [0.29, 0.717) is 12.2 Å². The minimum atomic E-state index is -0.506. The van der Waals surface area contributed by atoms with E-state index in [1.54, 1.807) is 7.11 Å². The van der Waals surface area contributed by atoms with Crippen molar-refractivity contribution in [2.75, 3.05) is 7.11 Å². The van der Waals surface area contributed by atoms with Crippen molar-refractivity contribution in [1.29, 1.82) is 0 Å². The van der Waals surface area contributed by atoms with E-state index >= 15 is 0 Å². The molecule has 1 aromatic rings. The Morgan fingerprint density at radius 2 is 2.00 bits per heavy atom. The Kier molecular flexibility index (Phi) is 3.87. The number of aliphatic hydroxyl groups is 1. The molecule has 18 heavy (non-hydrogen) atoms. The highest BCUT2D eigenvalue weighted by atomic mass is 79.9. The molecule has 3 nitrogen and oxygen atoms in total. The lowest BCUT2D eigenvalue weighted by Crippen LogP contribution is -2.12. The maximum absolute atomic E-state index is 9.99. The fourth-order valence-corrected chi connectivity index (χ4v) is 2.36. The largest absolute Gasteiger partial charge is 0.493 e. The summed E-state index contributed by atoms with van der Waals surface area (Å²) in [4.78, 5) is 0. The van der Waals surface area contributed by atoms with E-state index in [2.05, 4.69) is 15.9 Å². The van der Waals surface area contributed by atoms with E-state index in [4.69, 9.17) is 9.47 Å². The number of halogens is 1. The number of hydrogen-bond donors (Lipinski definition) is 1. The van der Waals surface area contributed by atoms with Crippen molar-refractivity contribution < 1.29 is 14.6 Å². The first-order valence-electron chi connectivity index (χ1n) is 6.19. The molecule has 0 bridgehead atoms. The summed E-state index contributed by atoms with van der Waals surface area (Å²) in [5, 5.41) is 9.99. The summed E-state index contributed by atoms with van der Waals surface area (Å²) in [6.07, 6.45) is 2.52. The van der Waals surface area contributed by atoms with Gasteiger partial charge in [0, 0.05) is 10.9 Å². The van der Waals surface area contributed by atoms with Crippen molar-refractivity contribution in [2.45, 2.75) is 44.8 Å². The highest BCUT2D eigenvalue weighted by molar-refractivity contribution is 9.10. The second-order valence-corrected chi connectivity index (χ2v) is 6.02. The molecule has 0 aliphatic heterocycles. The van der Waals surface area contributed by atoms with E-state index in [0.717, 1.165) is 28.6 Å². The van der Waals surface area contributed by atoms with Gasteiger partial charge < -0.3 is 14.6 Å². The molecule has 1 aliphatic carbocycles. The van der Waals surface area contributed by atoms with Crippen LogP contribution in [0.4, 0.5) is 0 Å². The highest BCUT2D eigenvalue weighted by Crippen LogP contribution is 2.42. The molecule has 0 radical (unpaired) electrons. The Labute approximate surface area is 116 Å². The average Bonchev–Trinajstić information content (AvgIpc) is 2.99. The monoisotopic (exact) mass is 314 g/mol. The van der Waals surface area contributed by atoms with Crippen molar-refractivity contribution in [3.63, 3.8) is 0 Å². The van der Waals surface area contributed by atoms with Crippen LogP contribution < -0.4 is 9.47 Å². The molecule has 1 saturated carbocycles. The van der Waals surface area contributed by atoms with Crippen molar-refractivity contribution in [3.8, 4) is 11.5 Å². The van der Waals surface area contributed by atoms with Crippen molar-refractivity contribution in [3.05, 3.63) is 22.2 Å². The van der Waals surface area contributed by atoms with Crippen molar-refractivity contribution >= 4 is 15.9 Å².